The maximum Gasteiger partial charge on any atom is 0.276 e. The first-order valence-electron chi connectivity index (χ1n) is 9.01. The van der Waals surface area contributed by atoms with Crippen LogP contribution in [0.2, 0.25) is 0 Å². The normalized spacial score (nSPS) is 23.7. The van der Waals surface area contributed by atoms with Crippen LogP contribution in [-0.4, -0.2) is 28.6 Å². The lowest BCUT2D eigenvalue weighted by atomic mass is 9.90. The van der Waals surface area contributed by atoms with Crippen molar-refractivity contribution in [2.24, 2.45) is 0 Å². The number of hydrogen-bond acceptors (Lipinski definition) is 3. The first-order chi connectivity index (χ1) is 11.7. The number of hydrogen-bond donors (Lipinski definition) is 0. The molecule has 0 bridgehead atoms. The summed E-state index contributed by atoms with van der Waals surface area (Å²) in [7, 11) is 0. The molecule has 2 fully saturated rings. The number of amides is 1. The monoisotopic (exact) mass is 324 g/mol. The van der Waals surface area contributed by atoms with Gasteiger partial charge >= 0.3 is 0 Å². The molecule has 4 rings (SSSR count). The van der Waals surface area contributed by atoms with Crippen molar-refractivity contribution in [3.63, 3.8) is 0 Å². The van der Waals surface area contributed by atoms with Crippen molar-refractivity contribution in [1.29, 1.82) is 0 Å². The highest BCUT2D eigenvalue weighted by Crippen LogP contribution is 2.41. The molecule has 2 aliphatic rings. The number of aromatic nitrogens is 1. The largest absolute Gasteiger partial charge is 0.360 e. The molecule has 1 saturated heterocycles. The molecule has 0 spiro atoms. The summed E-state index contributed by atoms with van der Waals surface area (Å²) in [6.45, 7) is 5.06. The molecule has 1 saturated carbocycles. The van der Waals surface area contributed by atoms with Gasteiger partial charge in [-0.15, -0.1) is 0 Å². The lowest BCUT2D eigenvalue weighted by Crippen LogP contribution is -2.37. The van der Waals surface area contributed by atoms with E-state index in [2.05, 4.69) is 43.3 Å². The second-order valence-electron chi connectivity index (χ2n) is 7.17. The molecule has 1 aromatic carbocycles. The SMILES string of the molecule is CC[C@H]1[C@H](c2ccc(C)cc2)CCN1C(=O)c1cc(C2CC2)on1. The van der Waals surface area contributed by atoms with E-state index in [1.165, 1.54) is 11.1 Å². The fourth-order valence-electron chi connectivity index (χ4n) is 3.91. The summed E-state index contributed by atoms with van der Waals surface area (Å²) in [6, 6.07) is 10.8. The predicted octanol–water partition coefficient (Wildman–Crippen LogP) is 4.27. The van der Waals surface area contributed by atoms with Gasteiger partial charge in [0.25, 0.3) is 5.91 Å². The quantitative estimate of drug-likeness (QED) is 0.844. The van der Waals surface area contributed by atoms with E-state index in [0.717, 1.165) is 38.0 Å². The molecule has 1 aromatic heterocycles. The van der Waals surface area contributed by atoms with Gasteiger partial charge < -0.3 is 9.42 Å². The molecular formula is C20H24N2O2. The van der Waals surface area contributed by atoms with Crippen molar-refractivity contribution >= 4 is 5.91 Å². The fraction of sp³-hybridized carbons (Fsp3) is 0.500. The average molecular weight is 324 g/mol. The van der Waals surface area contributed by atoms with Gasteiger partial charge in [0.1, 0.15) is 5.76 Å². The molecule has 2 atom stereocenters. The maximum absolute atomic E-state index is 12.9. The molecule has 1 aliphatic carbocycles. The average Bonchev–Trinajstić information content (AvgIpc) is 3.18. The van der Waals surface area contributed by atoms with Crippen molar-refractivity contribution < 1.29 is 9.32 Å². The Morgan fingerprint density at radius 1 is 1.25 bits per heavy atom. The smallest absolute Gasteiger partial charge is 0.276 e. The fourth-order valence-corrected chi connectivity index (χ4v) is 3.91. The summed E-state index contributed by atoms with van der Waals surface area (Å²) in [4.78, 5) is 14.9. The molecule has 2 heterocycles. The molecule has 126 valence electrons. The zero-order valence-corrected chi connectivity index (χ0v) is 14.4. The molecule has 1 amide bonds. The Morgan fingerprint density at radius 2 is 2.00 bits per heavy atom. The zero-order valence-electron chi connectivity index (χ0n) is 14.4. The zero-order chi connectivity index (χ0) is 16.7. The van der Waals surface area contributed by atoms with E-state index in [1.54, 1.807) is 0 Å². The van der Waals surface area contributed by atoms with Crippen LogP contribution in [0, 0.1) is 6.92 Å². The molecule has 24 heavy (non-hydrogen) atoms. The summed E-state index contributed by atoms with van der Waals surface area (Å²) in [6.07, 6.45) is 4.28. The number of carbonyl (C=O) groups excluding carboxylic acids is 1. The van der Waals surface area contributed by atoms with Crippen LogP contribution in [0.3, 0.4) is 0 Å². The van der Waals surface area contributed by atoms with Crippen molar-refractivity contribution in [2.75, 3.05) is 6.54 Å². The van der Waals surface area contributed by atoms with Gasteiger partial charge in [0, 0.05) is 30.5 Å². The van der Waals surface area contributed by atoms with Crippen LogP contribution in [0.5, 0.6) is 0 Å². The van der Waals surface area contributed by atoms with Crippen LogP contribution in [0.1, 0.15) is 71.8 Å². The standard InChI is InChI=1S/C20H24N2O2/c1-3-18-16(14-6-4-13(2)5-7-14)10-11-22(18)20(23)17-12-19(24-21-17)15-8-9-15/h4-7,12,15-16,18H,3,8-11H2,1-2H3/t16-,18-/m0/s1. The Kier molecular flexibility index (Phi) is 3.91. The number of nitrogens with zero attached hydrogens (tertiary/aromatic N) is 2. The lowest BCUT2D eigenvalue weighted by molar-refractivity contribution is 0.0716. The third-order valence-electron chi connectivity index (χ3n) is 5.46. The van der Waals surface area contributed by atoms with Gasteiger partial charge in [-0.25, -0.2) is 0 Å². The van der Waals surface area contributed by atoms with E-state index in [-0.39, 0.29) is 11.9 Å². The Labute approximate surface area is 142 Å². The van der Waals surface area contributed by atoms with Crippen LogP contribution < -0.4 is 0 Å². The number of carbonyl (C=O) groups is 1. The van der Waals surface area contributed by atoms with Crippen molar-refractivity contribution in [2.45, 2.75) is 57.4 Å². The first kappa shape index (κ1) is 15.4. The second-order valence-corrected chi connectivity index (χ2v) is 7.17. The van der Waals surface area contributed by atoms with Crippen LogP contribution >= 0.6 is 0 Å². The lowest BCUT2D eigenvalue weighted by Gasteiger charge is -2.27. The van der Waals surface area contributed by atoms with Crippen molar-refractivity contribution in [1.82, 2.24) is 10.1 Å². The van der Waals surface area contributed by atoms with Crippen LogP contribution in [0.15, 0.2) is 34.9 Å². The second kappa shape index (κ2) is 6.08. The summed E-state index contributed by atoms with van der Waals surface area (Å²) < 4.78 is 5.37. The predicted molar refractivity (Wildman–Crippen MR) is 92.1 cm³/mol. The summed E-state index contributed by atoms with van der Waals surface area (Å²) >= 11 is 0. The minimum absolute atomic E-state index is 0.0205. The molecule has 0 N–H and O–H groups in total. The Balaban J connectivity index is 1.54. The third-order valence-corrected chi connectivity index (χ3v) is 5.46. The van der Waals surface area contributed by atoms with Gasteiger partial charge in [-0.1, -0.05) is 41.9 Å². The number of rotatable bonds is 4. The molecule has 0 unspecified atom stereocenters. The molecule has 1 aliphatic heterocycles. The van der Waals surface area contributed by atoms with Crippen LogP contribution in [0.25, 0.3) is 0 Å². The molecule has 2 aromatic rings. The Bertz CT molecular complexity index is 730. The summed E-state index contributed by atoms with van der Waals surface area (Å²) in [5.41, 5.74) is 3.08. The molecule has 0 radical (unpaired) electrons. The Morgan fingerprint density at radius 3 is 2.67 bits per heavy atom. The molecule has 4 nitrogen and oxygen atoms in total. The number of likely N-dealkylation sites (tertiary alicyclic amines) is 1. The minimum atomic E-state index is 0.0205. The number of aryl methyl sites for hydroxylation is 1. The van der Waals surface area contributed by atoms with E-state index in [0.29, 0.717) is 17.5 Å². The number of benzene rings is 1. The van der Waals surface area contributed by atoms with Crippen molar-refractivity contribution in [3.8, 4) is 0 Å². The first-order valence-corrected chi connectivity index (χ1v) is 9.01. The van der Waals surface area contributed by atoms with Gasteiger partial charge in [0.2, 0.25) is 0 Å². The summed E-state index contributed by atoms with van der Waals surface area (Å²) in [5.74, 6) is 1.79. The van der Waals surface area contributed by atoms with E-state index >= 15 is 0 Å². The van der Waals surface area contributed by atoms with Crippen LogP contribution in [0.4, 0.5) is 0 Å². The highest BCUT2D eigenvalue weighted by Gasteiger charge is 2.38. The van der Waals surface area contributed by atoms with Crippen LogP contribution in [-0.2, 0) is 0 Å². The van der Waals surface area contributed by atoms with Crippen molar-refractivity contribution in [3.05, 3.63) is 52.9 Å². The van der Waals surface area contributed by atoms with E-state index in [1.807, 2.05) is 11.0 Å². The van der Waals surface area contributed by atoms with Gasteiger partial charge in [-0.05, 0) is 38.2 Å². The molecular weight excluding hydrogens is 300 g/mol. The highest BCUT2D eigenvalue weighted by atomic mass is 16.5. The van der Waals surface area contributed by atoms with E-state index < -0.39 is 0 Å². The van der Waals surface area contributed by atoms with E-state index in [4.69, 9.17) is 4.52 Å². The Hall–Kier alpha value is -2.10. The maximum atomic E-state index is 12.9. The van der Waals surface area contributed by atoms with Gasteiger partial charge in [0.15, 0.2) is 5.69 Å². The van der Waals surface area contributed by atoms with E-state index in [9.17, 15) is 4.79 Å². The summed E-state index contributed by atoms with van der Waals surface area (Å²) in [5, 5.41) is 4.03. The van der Waals surface area contributed by atoms with Gasteiger partial charge in [-0.2, -0.15) is 0 Å². The third kappa shape index (κ3) is 2.74. The topological polar surface area (TPSA) is 46.3 Å². The highest BCUT2D eigenvalue weighted by molar-refractivity contribution is 5.92. The minimum Gasteiger partial charge on any atom is -0.360 e. The molecule has 4 heteroatoms. The van der Waals surface area contributed by atoms with Gasteiger partial charge in [0.05, 0.1) is 0 Å². The van der Waals surface area contributed by atoms with Gasteiger partial charge in [-0.3, -0.25) is 4.79 Å².